The summed E-state index contributed by atoms with van der Waals surface area (Å²) in [5.41, 5.74) is 6.34. The maximum atomic E-state index is 5.39. The molecule has 15 heavy (non-hydrogen) atoms. The molecule has 0 aliphatic carbocycles. The number of para-hydroxylation sites is 1. The standard InChI is InChI=1S/C10H9N3S.ClH/c11-10(12)14-9-6-5-7-3-1-2-4-8(7)13-9;/h1-6H,(H3,11,12);1H. The van der Waals surface area contributed by atoms with Gasteiger partial charge in [0.05, 0.1) is 5.52 Å². The summed E-state index contributed by atoms with van der Waals surface area (Å²) in [4.78, 5) is 4.40. The van der Waals surface area contributed by atoms with Crippen molar-refractivity contribution >= 4 is 27.8 Å². The van der Waals surface area contributed by atoms with Crippen LogP contribution in [-0.2, 0) is 0 Å². The molecule has 78 valence electrons. The molecule has 0 bridgehead atoms. The number of benzene rings is 1. The van der Waals surface area contributed by atoms with Crippen molar-refractivity contribution < 1.29 is 17.8 Å². The van der Waals surface area contributed by atoms with E-state index in [1.807, 2.05) is 36.4 Å². The molecule has 0 atom stereocenters. The van der Waals surface area contributed by atoms with Crippen LogP contribution in [0.5, 0.6) is 0 Å². The topological polar surface area (TPSA) is 64.5 Å². The van der Waals surface area contributed by atoms with Crippen molar-refractivity contribution in [3.8, 4) is 0 Å². The number of rotatable bonds is 1. The minimum absolute atomic E-state index is 0. The number of amidine groups is 1. The third kappa shape index (κ3) is 2.84. The molecule has 1 heterocycles. The molecule has 4 N–H and O–H groups in total. The van der Waals surface area contributed by atoms with E-state index < -0.39 is 0 Å². The first kappa shape index (κ1) is 11.8. The van der Waals surface area contributed by atoms with Gasteiger partial charge in [-0.25, -0.2) is 4.98 Å². The lowest BCUT2D eigenvalue weighted by Gasteiger charge is -1.98. The van der Waals surface area contributed by atoms with Gasteiger partial charge in [0.2, 0.25) is 0 Å². The second kappa shape index (κ2) is 5.00. The zero-order valence-corrected chi connectivity index (χ0v) is 9.42. The van der Waals surface area contributed by atoms with Crippen LogP contribution in [0.4, 0.5) is 0 Å². The van der Waals surface area contributed by atoms with Gasteiger partial charge < -0.3 is 12.4 Å². The Morgan fingerprint density at radius 1 is 1.20 bits per heavy atom. The average Bonchev–Trinajstić information content (AvgIpc) is 2.17. The predicted molar refractivity (Wildman–Crippen MR) is 58.7 cm³/mol. The molecule has 5 heteroatoms. The molecule has 0 fully saturated rings. The van der Waals surface area contributed by atoms with Crippen molar-refractivity contribution in [1.29, 1.82) is 0 Å². The highest BCUT2D eigenvalue weighted by atomic mass is 35.5. The summed E-state index contributed by atoms with van der Waals surface area (Å²) < 4.78 is 0. The predicted octanol–water partition coefficient (Wildman–Crippen LogP) is -2.60. The maximum Gasteiger partial charge on any atom is 0.306 e. The van der Waals surface area contributed by atoms with Gasteiger partial charge in [-0.2, -0.15) is 0 Å². The molecule has 3 nitrogen and oxygen atoms in total. The second-order valence-corrected chi connectivity index (χ2v) is 3.94. The molecule has 0 radical (unpaired) electrons. The lowest BCUT2D eigenvalue weighted by molar-refractivity contribution is -0.110. The van der Waals surface area contributed by atoms with Crippen LogP contribution in [0.2, 0.25) is 0 Å². The van der Waals surface area contributed by atoms with Gasteiger partial charge in [0, 0.05) is 17.1 Å². The van der Waals surface area contributed by atoms with E-state index in [4.69, 9.17) is 11.1 Å². The molecule has 0 unspecified atom stereocenters. The third-order valence-electron chi connectivity index (χ3n) is 1.80. The highest BCUT2D eigenvalue weighted by molar-refractivity contribution is 8.13. The summed E-state index contributed by atoms with van der Waals surface area (Å²) in [6.07, 6.45) is 0. The van der Waals surface area contributed by atoms with Crippen molar-refractivity contribution in [2.75, 3.05) is 0 Å². The molecule has 2 rings (SSSR count). The monoisotopic (exact) mass is 239 g/mol. The Morgan fingerprint density at radius 2 is 1.93 bits per heavy atom. The molecule has 0 aliphatic heterocycles. The SMILES string of the molecule is NC(=[NH2+])Sc1ccc2ccccc2n1.[Cl-]. The number of halogens is 1. The highest BCUT2D eigenvalue weighted by Crippen LogP contribution is 2.18. The number of hydrogen-bond donors (Lipinski definition) is 2. The van der Waals surface area contributed by atoms with Crippen molar-refractivity contribution in [3.05, 3.63) is 36.4 Å². The van der Waals surface area contributed by atoms with Crippen molar-refractivity contribution in [1.82, 2.24) is 4.98 Å². The summed E-state index contributed by atoms with van der Waals surface area (Å²) >= 11 is 1.27. The Balaban J connectivity index is 0.00000112. The Kier molecular flexibility index (Phi) is 3.94. The molecule has 0 saturated heterocycles. The fourth-order valence-corrected chi connectivity index (χ4v) is 1.75. The summed E-state index contributed by atoms with van der Waals surface area (Å²) in [6, 6.07) is 11.8. The summed E-state index contributed by atoms with van der Waals surface area (Å²) in [5.74, 6) is 0. The van der Waals surface area contributed by atoms with E-state index in [-0.39, 0.29) is 12.4 Å². The zero-order valence-electron chi connectivity index (χ0n) is 7.85. The number of nitrogens with two attached hydrogens (primary N) is 2. The first-order chi connectivity index (χ1) is 6.75. The van der Waals surface area contributed by atoms with Crippen LogP contribution < -0.4 is 23.5 Å². The summed E-state index contributed by atoms with van der Waals surface area (Å²) in [5, 5.41) is 7.64. The first-order valence-corrected chi connectivity index (χ1v) is 4.99. The average molecular weight is 240 g/mol. The quantitative estimate of drug-likeness (QED) is 0.326. The Labute approximate surface area is 98.0 Å². The van der Waals surface area contributed by atoms with Gasteiger partial charge in [0.1, 0.15) is 5.03 Å². The molecular formula is C10H10ClN3S. The minimum Gasteiger partial charge on any atom is -1.00 e. The van der Waals surface area contributed by atoms with Crippen LogP contribution in [0.15, 0.2) is 41.4 Å². The highest BCUT2D eigenvalue weighted by Gasteiger charge is 2.02. The molecule has 0 saturated carbocycles. The largest absolute Gasteiger partial charge is 1.00 e. The lowest BCUT2D eigenvalue weighted by Crippen LogP contribution is -3.00. The second-order valence-electron chi connectivity index (χ2n) is 2.85. The van der Waals surface area contributed by atoms with Gasteiger partial charge in [0.25, 0.3) is 0 Å². The van der Waals surface area contributed by atoms with E-state index in [2.05, 4.69) is 4.98 Å². The first-order valence-electron chi connectivity index (χ1n) is 4.17. The van der Waals surface area contributed by atoms with Gasteiger partial charge in [-0.15, -0.1) is 0 Å². The van der Waals surface area contributed by atoms with Gasteiger partial charge in [-0.1, -0.05) is 24.3 Å². The van der Waals surface area contributed by atoms with Gasteiger partial charge in [-0.05, 0) is 12.1 Å². The van der Waals surface area contributed by atoms with E-state index in [0.717, 1.165) is 15.9 Å². The zero-order chi connectivity index (χ0) is 9.97. The van der Waals surface area contributed by atoms with Crippen molar-refractivity contribution in [3.63, 3.8) is 0 Å². The van der Waals surface area contributed by atoms with Crippen molar-refractivity contribution in [2.45, 2.75) is 5.03 Å². The molecule has 0 amide bonds. The van der Waals surface area contributed by atoms with Crippen LogP contribution >= 0.6 is 11.8 Å². The fraction of sp³-hybridized carbons (Fsp3) is 0. The van der Waals surface area contributed by atoms with Crippen LogP contribution in [-0.4, -0.2) is 10.2 Å². The van der Waals surface area contributed by atoms with Gasteiger partial charge in [-0.3, -0.25) is 11.1 Å². The van der Waals surface area contributed by atoms with Gasteiger partial charge >= 0.3 is 5.17 Å². The van der Waals surface area contributed by atoms with E-state index in [0.29, 0.717) is 5.17 Å². The van der Waals surface area contributed by atoms with Crippen LogP contribution in [0.3, 0.4) is 0 Å². The Bertz CT molecular complexity index is 487. The number of thioether (sulfide) groups is 1. The molecular weight excluding hydrogens is 230 g/mol. The van der Waals surface area contributed by atoms with E-state index in [9.17, 15) is 0 Å². The number of aromatic nitrogens is 1. The number of fused-ring (bicyclic) bond motifs is 1. The number of nitrogens with zero attached hydrogens (tertiary/aromatic N) is 1. The molecule has 2 aromatic rings. The van der Waals surface area contributed by atoms with Crippen molar-refractivity contribution in [2.24, 2.45) is 5.73 Å². The summed E-state index contributed by atoms with van der Waals surface area (Å²) in [7, 11) is 0. The third-order valence-corrected chi connectivity index (χ3v) is 2.47. The Hall–Kier alpha value is -1.26. The normalized spacial score (nSPS) is 9.60. The molecule has 1 aromatic heterocycles. The van der Waals surface area contributed by atoms with Gasteiger partial charge in [0.15, 0.2) is 0 Å². The maximum absolute atomic E-state index is 5.39. The summed E-state index contributed by atoms with van der Waals surface area (Å²) in [6.45, 7) is 0. The van der Waals surface area contributed by atoms with E-state index >= 15 is 0 Å². The Morgan fingerprint density at radius 3 is 2.67 bits per heavy atom. The van der Waals surface area contributed by atoms with E-state index in [1.54, 1.807) is 0 Å². The van der Waals surface area contributed by atoms with Crippen LogP contribution in [0.1, 0.15) is 0 Å². The molecule has 0 aliphatic rings. The number of pyridine rings is 1. The molecule has 0 spiro atoms. The van der Waals surface area contributed by atoms with Crippen LogP contribution in [0, 0.1) is 0 Å². The molecule has 1 aromatic carbocycles. The van der Waals surface area contributed by atoms with Crippen LogP contribution in [0.25, 0.3) is 10.9 Å². The fourth-order valence-electron chi connectivity index (χ4n) is 1.22. The van der Waals surface area contributed by atoms with E-state index in [1.165, 1.54) is 11.8 Å². The lowest BCUT2D eigenvalue weighted by atomic mass is 10.2. The number of hydrogen-bond acceptors (Lipinski definition) is 2. The smallest absolute Gasteiger partial charge is 0.306 e. The minimum atomic E-state index is 0.